The molecule has 2 aromatic heterocycles. The van der Waals surface area contributed by atoms with Crippen molar-refractivity contribution in [3.8, 4) is 17.1 Å². The molecule has 5 rings (SSSR count). The zero-order valence-corrected chi connectivity index (χ0v) is 18.7. The molecule has 0 aliphatic carbocycles. The van der Waals surface area contributed by atoms with Crippen LogP contribution in [0.5, 0.6) is 0 Å². The number of nitrogens with zero attached hydrogens (tertiary/aromatic N) is 3. The normalized spacial score (nSPS) is 11.0. The molecule has 11 heteroatoms. The molecular formula is C23H14ClFN6O2S. The number of hydrogen-bond donors (Lipinski definition) is 3. The number of aromatic amines is 2. The van der Waals surface area contributed by atoms with E-state index in [1.54, 1.807) is 30.3 Å². The number of fused-ring (bicyclic) bond motifs is 1. The largest absolute Gasteiger partial charge is 0.331 e. The van der Waals surface area contributed by atoms with E-state index in [0.717, 1.165) is 4.57 Å². The molecule has 0 unspecified atom stereocenters. The molecular weight excluding hydrogens is 479 g/mol. The number of carbonyl (C=O) groups excluding carboxylic acids is 1. The van der Waals surface area contributed by atoms with Gasteiger partial charge in [-0.25, -0.2) is 8.96 Å². The standard InChI is InChI=1S/C23H14ClFN6O2S/c24-15-6-2-1-5-13(15)19-27-22(30-29-19)28-20(32)12-9-10-14-17(11-12)26-23(34)31(21(14)33)18-8-4-3-7-16(18)25/h1-11H,(H,26,34)(H2,27,28,29,30,32). The first-order valence-corrected chi connectivity index (χ1v) is 10.7. The van der Waals surface area contributed by atoms with E-state index in [9.17, 15) is 14.0 Å². The predicted molar refractivity (Wildman–Crippen MR) is 129 cm³/mol. The number of para-hydroxylation sites is 1. The zero-order chi connectivity index (χ0) is 23.8. The van der Waals surface area contributed by atoms with Gasteiger partial charge in [0.2, 0.25) is 5.95 Å². The maximum atomic E-state index is 14.3. The maximum absolute atomic E-state index is 14.3. The third-order valence-electron chi connectivity index (χ3n) is 5.09. The fourth-order valence-corrected chi connectivity index (χ4v) is 3.99. The van der Waals surface area contributed by atoms with Crippen molar-refractivity contribution < 1.29 is 9.18 Å². The van der Waals surface area contributed by atoms with Crippen LogP contribution in [0.3, 0.4) is 0 Å². The van der Waals surface area contributed by atoms with Crippen LogP contribution < -0.4 is 10.9 Å². The Balaban J connectivity index is 1.46. The molecule has 0 fully saturated rings. The number of carbonyl (C=O) groups is 1. The fourth-order valence-electron chi connectivity index (χ4n) is 3.48. The summed E-state index contributed by atoms with van der Waals surface area (Å²) in [6, 6.07) is 17.4. The summed E-state index contributed by atoms with van der Waals surface area (Å²) in [7, 11) is 0. The summed E-state index contributed by atoms with van der Waals surface area (Å²) >= 11 is 11.5. The molecule has 0 atom stereocenters. The lowest BCUT2D eigenvalue weighted by molar-refractivity contribution is 0.102. The van der Waals surface area contributed by atoms with Gasteiger partial charge in [0, 0.05) is 11.1 Å². The Hall–Kier alpha value is -4.15. The van der Waals surface area contributed by atoms with Gasteiger partial charge in [0.25, 0.3) is 11.5 Å². The van der Waals surface area contributed by atoms with Gasteiger partial charge in [0.15, 0.2) is 10.6 Å². The lowest BCUT2D eigenvalue weighted by atomic mass is 10.1. The predicted octanol–water partition coefficient (Wildman–Crippen LogP) is 4.88. The van der Waals surface area contributed by atoms with Gasteiger partial charge >= 0.3 is 0 Å². The maximum Gasteiger partial charge on any atom is 0.266 e. The Morgan fingerprint density at radius 3 is 2.65 bits per heavy atom. The molecule has 5 aromatic rings. The van der Waals surface area contributed by atoms with Crippen molar-refractivity contribution >= 4 is 46.6 Å². The minimum atomic E-state index is -0.581. The van der Waals surface area contributed by atoms with Crippen molar-refractivity contribution in [3.63, 3.8) is 0 Å². The van der Waals surface area contributed by atoms with Crippen LogP contribution in [0.25, 0.3) is 28.0 Å². The summed E-state index contributed by atoms with van der Waals surface area (Å²) in [4.78, 5) is 32.9. The number of nitrogens with one attached hydrogen (secondary N) is 3. The van der Waals surface area contributed by atoms with Gasteiger partial charge in [-0.3, -0.25) is 20.0 Å². The molecule has 0 bridgehead atoms. The molecule has 34 heavy (non-hydrogen) atoms. The van der Waals surface area contributed by atoms with E-state index in [0.29, 0.717) is 21.9 Å². The van der Waals surface area contributed by atoms with Crippen LogP contribution in [0.1, 0.15) is 10.4 Å². The molecule has 0 spiro atoms. The summed E-state index contributed by atoms with van der Waals surface area (Å²) in [6.45, 7) is 0. The average molecular weight is 493 g/mol. The molecule has 168 valence electrons. The number of benzene rings is 3. The van der Waals surface area contributed by atoms with Crippen LogP contribution in [0.2, 0.25) is 5.02 Å². The van der Waals surface area contributed by atoms with Crippen LogP contribution in [-0.2, 0) is 0 Å². The van der Waals surface area contributed by atoms with Crippen LogP contribution >= 0.6 is 23.8 Å². The first-order chi connectivity index (χ1) is 16.4. The van der Waals surface area contributed by atoms with Crippen molar-refractivity contribution in [2.24, 2.45) is 0 Å². The third-order valence-corrected chi connectivity index (χ3v) is 5.71. The van der Waals surface area contributed by atoms with E-state index < -0.39 is 17.3 Å². The highest BCUT2D eigenvalue weighted by molar-refractivity contribution is 7.71. The third kappa shape index (κ3) is 3.89. The van der Waals surface area contributed by atoms with Gasteiger partial charge < -0.3 is 4.98 Å². The number of rotatable bonds is 4. The Labute approximate surface area is 201 Å². The highest BCUT2D eigenvalue weighted by atomic mass is 35.5. The fraction of sp³-hybridized carbons (Fsp3) is 0. The highest BCUT2D eigenvalue weighted by Crippen LogP contribution is 2.25. The van der Waals surface area contributed by atoms with E-state index in [1.165, 1.54) is 36.4 Å². The SMILES string of the molecule is O=C(Nc1n[nH]c(-c2ccccc2Cl)n1)c1ccc2c(=O)n(-c3ccccc3F)c(=S)[nH]c2c1. The average Bonchev–Trinajstić information content (AvgIpc) is 3.28. The van der Waals surface area contributed by atoms with Gasteiger partial charge in [0.1, 0.15) is 5.82 Å². The van der Waals surface area contributed by atoms with Crippen molar-refractivity contribution in [2.75, 3.05) is 5.32 Å². The van der Waals surface area contributed by atoms with Gasteiger partial charge in [-0.2, -0.15) is 4.98 Å². The Morgan fingerprint density at radius 1 is 1.09 bits per heavy atom. The summed E-state index contributed by atoms with van der Waals surface area (Å²) in [5, 5.41) is 10.1. The Kier molecular flexibility index (Phi) is 5.52. The molecule has 0 saturated carbocycles. The van der Waals surface area contributed by atoms with E-state index in [4.69, 9.17) is 23.8 Å². The van der Waals surface area contributed by atoms with Crippen molar-refractivity contribution in [2.45, 2.75) is 0 Å². The smallest absolute Gasteiger partial charge is 0.266 e. The van der Waals surface area contributed by atoms with Crippen LogP contribution in [0.4, 0.5) is 10.3 Å². The Bertz CT molecular complexity index is 1690. The van der Waals surface area contributed by atoms with Gasteiger partial charge in [-0.05, 0) is 54.7 Å². The van der Waals surface area contributed by atoms with Crippen LogP contribution in [0.15, 0.2) is 71.5 Å². The number of hydrogen-bond acceptors (Lipinski definition) is 5. The number of halogens is 2. The summed E-state index contributed by atoms with van der Waals surface area (Å²) in [5.41, 5.74) is 0.749. The highest BCUT2D eigenvalue weighted by Gasteiger charge is 2.15. The number of H-pyrrole nitrogens is 2. The summed E-state index contributed by atoms with van der Waals surface area (Å²) in [5.74, 6) is -0.619. The summed E-state index contributed by atoms with van der Waals surface area (Å²) < 4.78 is 15.3. The second kappa shape index (κ2) is 8.65. The number of anilines is 1. The van der Waals surface area contributed by atoms with Crippen molar-refractivity contribution in [3.05, 3.63) is 98.3 Å². The first-order valence-electron chi connectivity index (χ1n) is 9.95. The summed E-state index contributed by atoms with van der Waals surface area (Å²) in [6.07, 6.45) is 0. The van der Waals surface area contributed by atoms with E-state index in [-0.39, 0.29) is 27.4 Å². The van der Waals surface area contributed by atoms with Gasteiger partial charge in [-0.15, -0.1) is 5.10 Å². The Morgan fingerprint density at radius 2 is 1.85 bits per heavy atom. The molecule has 8 nitrogen and oxygen atoms in total. The van der Waals surface area contributed by atoms with Crippen LogP contribution in [-0.4, -0.2) is 30.6 Å². The van der Waals surface area contributed by atoms with E-state index in [1.807, 2.05) is 0 Å². The molecule has 1 amide bonds. The second-order valence-electron chi connectivity index (χ2n) is 7.22. The quantitative estimate of drug-likeness (QED) is 0.310. The topological polar surface area (TPSA) is 108 Å². The molecule has 0 aliphatic rings. The number of aromatic nitrogens is 5. The zero-order valence-electron chi connectivity index (χ0n) is 17.2. The first kappa shape index (κ1) is 21.7. The van der Waals surface area contributed by atoms with E-state index >= 15 is 0 Å². The minimum Gasteiger partial charge on any atom is -0.331 e. The second-order valence-corrected chi connectivity index (χ2v) is 8.02. The van der Waals surface area contributed by atoms with Crippen molar-refractivity contribution in [1.29, 1.82) is 0 Å². The van der Waals surface area contributed by atoms with Gasteiger partial charge in [0.05, 0.1) is 21.6 Å². The van der Waals surface area contributed by atoms with E-state index in [2.05, 4.69) is 25.5 Å². The van der Waals surface area contributed by atoms with Gasteiger partial charge in [-0.1, -0.05) is 35.9 Å². The molecule has 0 aliphatic heterocycles. The molecule has 0 saturated heterocycles. The molecule has 3 aromatic carbocycles. The number of amides is 1. The monoisotopic (exact) mass is 492 g/mol. The molecule has 0 radical (unpaired) electrons. The van der Waals surface area contributed by atoms with Crippen LogP contribution in [0, 0.1) is 10.6 Å². The minimum absolute atomic E-state index is 0.00138. The molecule has 3 N–H and O–H groups in total. The molecule has 2 heterocycles. The lowest BCUT2D eigenvalue weighted by Gasteiger charge is -2.10. The lowest BCUT2D eigenvalue weighted by Crippen LogP contribution is -2.22. The van der Waals surface area contributed by atoms with Crippen molar-refractivity contribution in [1.82, 2.24) is 24.7 Å².